The van der Waals surface area contributed by atoms with Gasteiger partial charge in [0.15, 0.2) is 0 Å². The summed E-state index contributed by atoms with van der Waals surface area (Å²) in [7, 11) is 0. The molecule has 0 spiro atoms. The lowest BCUT2D eigenvalue weighted by Gasteiger charge is -2.40. The number of carbonyl (C=O) groups is 2. The molecule has 0 radical (unpaired) electrons. The molecule has 0 aliphatic carbocycles. The predicted octanol–water partition coefficient (Wildman–Crippen LogP) is 2.31. The van der Waals surface area contributed by atoms with Gasteiger partial charge in [0.2, 0.25) is 0 Å². The van der Waals surface area contributed by atoms with Gasteiger partial charge in [0.05, 0.1) is 6.54 Å². The number of carboxylic acid groups (broad SMARTS) is 1. The first-order valence-corrected chi connectivity index (χ1v) is 7.30. The molecule has 6 nitrogen and oxygen atoms in total. The molecule has 2 rings (SSSR count). The van der Waals surface area contributed by atoms with E-state index in [-0.39, 0.29) is 20.0 Å². The van der Waals surface area contributed by atoms with Crippen molar-refractivity contribution in [2.24, 2.45) is 0 Å². The number of anilines is 1. The number of hydrogen-bond donors (Lipinski definition) is 1. The summed E-state index contributed by atoms with van der Waals surface area (Å²) in [6.07, 6.45) is -0.466. The van der Waals surface area contributed by atoms with Crippen LogP contribution in [-0.4, -0.2) is 53.3 Å². The van der Waals surface area contributed by atoms with E-state index in [1.165, 1.54) is 4.90 Å². The lowest BCUT2D eigenvalue weighted by atomic mass is 10.1. The van der Waals surface area contributed by atoms with Crippen molar-refractivity contribution < 1.29 is 19.4 Å². The fraction of sp³-hybridized carbons (Fsp3) is 0.500. The van der Waals surface area contributed by atoms with E-state index >= 15 is 0 Å². The molecule has 1 aliphatic heterocycles. The van der Waals surface area contributed by atoms with Gasteiger partial charge in [-0.15, -0.1) is 0 Å². The second-order valence-corrected chi connectivity index (χ2v) is 6.31. The molecule has 1 aromatic rings. The highest BCUT2D eigenvalue weighted by molar-refractivity contribution is 7.59. The van der Waals surface area contributed by atoms with Crippen LogP contribution in [-0.2, 0) is 9.53 Å². The molecule has 1 saturated heterocycles. The maximum Gasteiger partial charge on any atom is 0.410 e. The molecule has 1 amide bonds. The highest BCUT2D eigenvalue weighted by atomic mass is 32.1. The van der Waals surface area contributed by atoms with Gasteiger partial charge < -0.3 is 19.6 Å². The zero-order valence-electron chi connectivity index (χ0n) is 13.7. The van der Waals surface area contributed by atoms with Crippen LogP contribution in [0.15, 0.2) is 30.3 Å². The normalized spacial score (nSPS) is 18.1. The Morgan fingerprint density at radius 3 is 2.30 bits per heavy atom. The Labute approximate surface area is 143 Å². The minimum absolute atomic E-state index is 0. The van der Waals surface area contributed by atoms with Crippen LogP contribution in [0.2, 0.25) is 0 Å². The van der Waals surface area contributed by atoms with Gasteiger partial charge in [-0.1, -0.05) is 18.2 Å². The summed E-state index contributed by atoms with van der Waals surface area (Å²) in [5.74, 6) is -0.947. The average molecular weight is 340 g/mol. The molecule has 1 aliphatic rings. The van der Waals surface area contributed by atoms with Gasteiger partial charge in [-0.3, -0.25) is 0 Å². The highest BCUT2D eigenvalue weighted by Gasteiger charge is 2.35. The first kappa shape index (κ1) is 19.2. The molecule has 1 atom stereocenters. The number of carboxylic acids is 1. The van der Waals surface area contributed by atoms with E-state index in [0.717, 1.165) is 5.69 Å². The van der Waals surface area contributed by atoms with Gasteiger partial charge in [0, 0.05) is 18.8 Å². The van der Waals surface area contributed by atoms with E-state index in [1.807, 2.05) is 35.2 Å². The quantitative estimate of drug-likeness (QED) is 0.895. The first-order valence-electron chi connectivity index (χ1n) is 7.30. The molecule has 7 heteroatoms. The molecule has 128 valence electrons. The lowest BCUT2D eigenvalue weighted by molar-refractivity contribution is -0.139. The van der Waals surface area contributed by atoms with Crippen LogP contribution in [0.3, 0.4) is 0 Å². The molecular weight excluding hydrogens is 316 g/mol. The second-order valence-electron chi connectivity index (χ2n) is 6.31. The highest BCUT2D eigenvalue weighted by Crippen LogP contribution is 2.21. The molecule has 0 aromatic heterocycles. The van der Waals surface area contributed by atoms with Crippen LogP contribution < -0.4 is 4.90 Å². The minimum atomic E-state index is -0.947. The van der Waals surface area contributed by atoms with Crippen molar-refractivity contribution in [1.29, 1.82) is 0 Å². The van der Waals surface area contributed by atoms with Gasteiger partial charge in [0.25, 0.3) is 0 Å². The maximum absolute atomic E-state index is 12.1. The molecular formula is C16H24N2O4S. The van der Waals surface area contributed by atoms with Crippen molar-refractivity contribution >= 4 is 31.2 Å². The molecule has 1 heterocycles. The van der Waals surface area contributed by atoms with Crippen LogP contribution in [0.4, 0.5) is 10.5 Å². The van der Waals surface area contributed by atoms with E-state index in [1.54, 1.807) is 20.8 Å². The summed E-state index contributed by atoms with van der Waals surface area (Å²) in [5.41, 5.74) is 0.255. The Hall–Kier alpha value is -1.89. The van der Waals surface area contributed by atoms with Gasteiger partial charge >= 0.3 is 12.1 Å². The minimum Gasteiger partial charge on any atom is -0.480 e. The largest absolute Gasteiger partial charge is 0.480 e. The second kappa shape index (κ2) is 7.59. The number of benzene rings is 1. The topological polar surface area (TPSA) is 70.1 Å². The van der Waals surface area contributed by atoms with E-state index in [2.05, 4.69) is 0 Å². The van der Waals surface area contributed by atoms with Crippen LogP contribution in [0.25, 0.3) is 0 Å². The van der Waals surface area contributed by atoms with Crippen molar-refractivity contribution in [2.45, 2.75) is 32.4 Å². The third kappa shape index (κ3) is 5.06. The molecule has 23 heavy (non-hydrogen) atoms. The van der Waals surface area contributed by atoms with Crippen LogP contribution >= 0.6 is 13.5 Å². The fourth-order valence-electron chi connectivity index (χ4n) is 2.42. The Bertz CT molecular complexity index is 545. The van der Waals surface area contributed by atoms with Gasteiger partial charge in [-0.2, -0.15) is 13.5 Å². The van der Waals surface area contributed by atoms with Gasteiger partial charge in [-0.05, 0) is 32.9 Å². The summed E-state index contributed by atoms with van der Waals surface area (Å²) in [6, 6.07) is 8.60. The van der Waals surface area contributed by atoms with E-state index in [4.69, 9.17) is 4.74 Å². The number of aliphatic carboxylic acids is 1. The average Bonchev–Trinajstić information content (AvgIpc) is 2.45. The van der Waals surface area contributed by atoms with Crippen LogP contribution in [0.1, 0.15) is 20.8 Å². The van der Waals surface area contributed by atoms with Gasteiger partial charge in [0.1, 0.15) is 11.6 Å². The predicted molar refractivity (Wildman–Crippen MR) is 93.4 cm³/mol. The van der Waals surface area contributed by atoms with E-state index in [0.29, 0.717) is 13.1 Å². The number of hydrogen-bond acceptors (Lipinski definition) is 4. The van der Waals surface area contributed by atoms with Crippen LogP contribution in [0.5, 0.6) is 0 Å². The Balaban J connectivity index is 0.00000264. The molecule has 1 fully saturated rings. The van der Waals surface area contributed by atoms with Gasteiger partial charge in [-0.25, -0.2) is 9.59 Å². The first-order chi connectivity index (χ1) is 10.3. The Morgan fingerprint density at radius 2 is 1.78 bits per heavy atom. The molecule has 0 bridgehead atoms. The summed E-state index contributed by atoms with van der Waals surface area (Å²) in [5, 5.41) is 9.48. The fourth-order valence-corrected chi connectivity index (χ4v) is 2.42. The van der Waals surface area contributed by atoms with Crippen molar-refractivity contribution in [3.8, 4) is 0 Å². The van der Waals surface area contributed by atoms with Crippen molar-refractivity contribution in [3.63, 3.8) is 0 Å². The third-order valence-electron chi connectivity index (χ3n) is 3.40. The van der Waals surface area contributed by atoms with E-state index < -0.39 is 23.7 Å². The van der Waals surface area contributed by atoms with E-state index in [9.17, 15) is 14.7 Å². The number of amides is 1. The molecule has 1 aromatic carbocycles. The molecule has 1 N–H and O–H groups in total. The SMILES string of the molecule is CC(C)(C)OC(=O)N1CCN(c2ccccc2)[C@H](C(=O)O)C1.S. The zero-order chi connectivity index (χ0) is 16.3. The monoisotopic (exact) mass is 340 g/mol. The van der Waals surface area contributed by atoms with Crippen LogP contribution in [0, 0.1) is 0 Å². The van der Waals surface area contributed by atoms with Crippen molar-refractivity contribution in [2.75, 3.05) is 24.5 Å². The third-order valence-corrected chi connectivity index (χ3v) is 3.40. The number of ether oxygens (including phenoxy) is 1. The maximum atomic E-state index is 12.1. The van der Waals surface area contributed by atoms with Crippen molar-refractivity contribution in [3.05, 3.63) is 30.3 Å². The Morgan fingerprint density at radius 1 is 1.17 bits per heavy atom. The zero-order valence-corrected chi connectivity index (χ0v) is 14.7. The van der Waals surface area contributed by atoms with Crippen molar-refractivity contribution in [1.82, 2.24) is 4.90 Å². The number of rotatable bonds is 2. The summed E-state index contributed by atoms with van der Waals surface area (Å²) < 4.78 is 5.32. The summed E-state index contributed by atoms with van der Waals surface area (Å²) >= 11 is 0. The summed E-state index contributed by atoms with van der Waals surface area (Å²) in [4.78, 5) is 27.0. The molecule has 0 unspecified atom stereocenters. The Kier molecular flexibility index (Phi) is 6.32. The number of piperazine rings is 1. The number of para-hydroxylation sites is 1. The lowest BCUT2D eigenvalue weighted by Crippen LogP contribution is -2.58. The smallest absolute Gasteiger partial charge is 0.410 e. The summed E-state index contributed by atoms with van der Waals surface area (Å²) in [6.45, 7) is 6.38. The standard InChI is InChI=1S/C16H22N2O4.H2S/c1-16(2,3)22-15(21)17-9-10-18(13(11-17)14(19)20)12-7-5-4-6-8-12;/h4-8,13H,9-11H2,1-3H3,(H,19,20);1H2/t13-;/m0./s1. The number of carbonyl (C=O) groups excluding carboxylic acids is 1. The number of nitrogens with zero attached hydrogens (tertiary/aromatic N) is 2. The molecule has 0 saturated carbocycles.